The maximum Gasteiger partial charge on any atom is 0.303 e. The van der Waals surface area contributed by atoms with Gasteiger partial charge in [0.05, 0.1) is 18.8 Å². The summed E-state index contributed by atoms with van der Waals surface area (Å²) in [6.07, 6.45) is 6.12. The summed E-state index contributed by atoms with van der Waals surface area (Å²) < 4.78 is 0. The number of aliphatic carboxylic acids is 1. The number of nitrogens with two attached hydrogens (primary N) is 1. The number of carboxylic acids is 1. The number of carbonyl (C=O) groups is 2. The molecule has 0 heterocycles. The predicted octanol–water partition coefficient (Wildman–Crippen LogP) is 3.23. The fourth-order valence-electron chi connectivity index (χ4n) is 9.45. The molecule has 4 fully saturated rings. The molecular weight excluding hydrogens is 406 g/mol. The SMILES string of the molecule is C[C@H](CCC(=O)O)[C@H]1CCC2C3C(CC[C@@]21C)[C@]1(C)C(C[C@H](O)CC1C(=O)CN)C[C@H]3O. The molecular formula is C26H43NO5. The van der Waals surface area contributed by atoms with Crippen LogP contribution in [0.4, 0.5) is 0 Å². The van der Waals surface area contributed by atoms with Gasteiger partial charge in [-0.3, -0.25) is 9.59 Å². The van der Waals surface area contributed by atoms with E-state index in [1.807, 2.05) is 0 Å². The molecule has 6 heteroatoms. The molecule has 0 radical (unpaired) electrons. The zero-order valence-corrected chi connectivity index (χ0v) is 20.0. The van der Waals surface area contributed by atoms with Crippen molar-refractivity contribution in [2.45, 2.75) is 90.8 Å². The van der Waals surface area contributed by atoms with Gasteiger partial charge in [0.2, 0.25) is 0 Å². The lowest BCUT2D eigenvalue weighted by atomic mass is 9.41. The third-order valence-electron chi connectivity index (χ3n) is 11.0. The highest BCUT2D eigenvalue weighted by Gasteiger charge is 2.65. The van der Waals surface area contributed by atoms with Gasteiger partial charge in [-0.25, -0.2) is 0 Å². The van der Waals surface area contributed by atoms with E-state index in [1.165, 1.54) is 0 Å². The standard InChI is InChI=1S/C26H43NO5/c1-14(4-7-23(31)32)17-5-6-18-24-19(8-9-25(17,18)2)26(3)15(11-21(24)29)10-16(28)12-20(26)22(30)13-27/h14-21,24,28-29H,4-13,27H2,1-3H3,(H,31,32)/t14-,15?,16+,17-,18?,19?,20?,21-,24?,25-,26+/m1/s1. The number of fused-ring (bicyclic) bond motifs is 5. The molecule has 0 spiro atoms. The highest BCUT2D eigenvalue weighted by atomic mass is 16.4. The number of rotatable bonds is 6. The third-order valence-corrected chi connectivity index (χ3v) is 11.0. The van der Waals surface area contributed by atoms with Crippen molar-refractivity contribution in [1.29, 1.82) is 0 Å². The van der Waals surface area contributed by atoms with Gasteiger partial charge in [0.1, 0.15) is 5.78 Å². The number of hydrogen-bond donors (Lipinski definition) is 4. The first-order chi connectivity index (χ1) is 15.0. The van der Waals surface area contributed by atoms with Gasteiger partial charge in [-0.05, 0) is 97.7 Å². The van der Waals surface area contributed by atoms with Crippen molar-refractivity contribution in [3.63, 3.8) is 0 Å². The quantitative estimate of drug-likeness (QED) is 0.494. The van der Waals surface area contributed by atoms with E-state index in [1.54, 1.807) is 0 Å². The molecule has 5 unspecified atom stereocenters. The first-order valence-electron chi connectivity index (χ1n) is 12.8. The number of ketones is 1. The van der Waals surface area contributed by atoms with E-state index in [0.717, 1.165) is 25.7 Å². The average Bonchev–Trinajstić information content (AvgIpc) is 3.09. The van der Waals surface area contributed by atoms with Gasteiger partial charge < -0.3 is 21.1 Å². The summed E-state index contributed by atoms with van der Waals surface area (Å²) in [4.78, 5) is 24.1. The Kier molecular flexibility index (Phi) is 6.54. The Morgan fingerprint density at radius 3 is 2.44 bits per heavy atom. The van der Waals surface area contributed by atoms with Gasteiger partial charge >= 0.3 is 5.97 Å². The molecule has 11 atom stereocenters. The van der Waals surface area contributed by atoms with Gasteiger partial charge in [-0.2, -0.15) is 0 Å². The Hall–Kier alpha value is -0.980. The zero-order chi connectivity index (χ0) is 23.4. The number of hydrogen-bond acceptors (Lipinski definition) is 5. The summed E-state index contributed by atoms with van der Waals surface area (Å²) in [5.41, 5.74) is 5.71. The highest BCUT2D eigenvalue weighted by Crippen LogP contribution is 2.69. The molecule has 0 aromatic rings. The minimum absolute atomic E-state index is 0.0178. The number of carboxylic acid groups (broad SMARTS) is 1. The van der Waals surface area contributed by atoms with Gasteiger partial charge in [0, 0.05) is 12.3 Å². The maximum atomic E-state index is 12.9. The lowest BCUT2D eigenvalue weighted by Gasteiger charge is -2.64. The molecule has 0 aliphatic heterocycles. The van der Waals surface area contributed by atoms with Crippen LogP contribution in [0.2, 0.25) is 0 Å². The second kappa shape index (κ2) is 8.66. The predicted molar refractivity (Wildman–Crippen MR) is 122 cm³/mol. The van der Waals surface area contributed by atoms with Gasteiger partial charge in [-0.1, -0.05) is 20.8 Å². The van der Waals surface area contributed by atoms with Crippen LogP contribution < -0.4 is 5.73 Å². The van der Waals surface area contributed by atoms with E-state index < -0.39 is 18.2 Å². The first-order valence-corrected chi connectivity index (χ1v) is 12.8. The van der Waals surface area contributed by atoms with E-state index in [9.17, 15) is 19.8 Å². The summed E-state index contributed by atoms with van der Waals surface area (Å²) in [5, 5.41) is 31.1. The summed E-state index contributed by atoms with van der Waals surface area (Å²) in [5.74, 6) is 0.968. The van der Waals surface area contributed by atoms with Crippen LogP contribution in [-0.4, -0.2) is 45.8 Å². The maximum absolute atomic E-state index is 12.9. The number of aliphatic hydroxyl groups excluding tert-OH is 2. The molecule has 4 aliphatic carbocycles. The summed E-state index contributed by atoms with van der Waals surface area (Å²) in [6, 6.07) is 0. The molecule has 0 aromatic carbocycles. The summed E-state index contributed by atoms with van der Waals surface area (Å²) >= 11 is 0. The van der Waals surface area contributed by atoms with E-state index in [2.05, 4.69) is 20.8 Å². The normalized spacial score (nSPS) is 48.9. The molecule has 4 aliphatic rings. The molecule has 5 N–H and O–H groups in total. The number of carbonyl (C=O) groups excluding carboxylic acids is 1. The van der Waals surface area contributed by atoms with Crippen LogP contribution in [0, 0.1) is 52.3 Å². The van der Waals surface area contributed by atoms with Gasteiger partial charge in [0.15, 0.2) is 0 Å². The summed E-state index contributed by atoms with van der Waals surface area (Å²) in [6.45, 7) is 6.87. The molecule has 0 amide bonds. The second-order valence-electron chi connectivity index (χ2n) is 12.1. The third kappa shape index (κ3) is 3.65. The molecule has 0 bridgehead atoms. The minimum atomic E-state index is -0.725. The van der Waals surface area contributed by atoms with Gasteiger partial charge in [0.25, 0.3) is 0 Å². The van der Waals surface area contributed by atoms with Crippen molar-refractivity contribution >= 4 is 11.8 Å². The Morgan fingerprint density at radius 1 is 1.06 bits per heavy atom. The van der Waals surface area contributed by atoms with Crippen LogP contribution in [0.15, 0.2) is 0 Å². The highest BCUT2D eigenvalue weighted by molar-refractivity contribution is 5.83. The number of aliphatic hydroxyl groups is 2. The van der Waals surface area contributed by atoms with E-state index in [0.29, 0.717) is 43.4 Å². The van der Waals surface area contributed by atoms with E-state index in [-0.39, 0.29) is 53.3 Å². The van der Waals surface area contributed by atoms with Crippen molar-refractivity contribution in [1.82, 2.24) is 0 Å². The smallest absolute Gasteiger partial charge is 0.303 e. The Labute approximate surface area is 192 Å². The molecule has 4 rings (SSSR count). The van der Waals surface area contributed by atoms with Crippen molar-refractivity contribution in [3.05, 3.63) is 0 Å². The van der Waals surface area contributed by atoms with Crippen LogP contribution in [0.25, 0.3) is 0 Å². The van der Waals surface area contributed by atoms with Crippen molar-refractivity contribution < 1.29 is 24.9 Å². The lowest BCUT2D eigenvalue weighted by Crippen LogP contribution is -2.62. The second-order valence-corrected chi connectivity index (χ2v) is 12.1. The average molecular weight is 450 g/mol. The van der Waals surface area contributed by atoms with Crippen molar-refractivity contribution in [2.24, 2.45) is 58.0 Å². The molecule has 4 saturated carbocycles. The first kappa shape index (κ1) is 24.2. The van der Waals surface area contributed by atoms with Crippen LogP contribution in [-0.2, 0) is 9.59 Å². The zero-order valence-electron chi connectivity index (χ0n) is 20.0. The molecule has 32 heavy (non-hydrogen) atoms. The van der Waals surface area contributed by atoms with E-state index >= 15 is 0 Å². The monoisotopic (exact) mass is 449 g/mol. The lowest BCUT2D eigenvalue weighted by molar-refractivity contribution is -0.196. The molecule has 6 nitrogen and oxygen atoms in total. The van der Waals surface area contributed by atoms with Crippen molar-refractivity contribution in [3.8, 4) is 0 Å². The fourth-order valence-corrected chi connectivity index (χ4v) is 9.45. The van der Waals surface area contributed by atoms with Crippen molar-refractivity contribution in [2.75, 3.05) is 6.54 Å². The molecule has 0 aromatic heterocycles. The van der Waals surface area contributed by atoms with Crippen LogP contribution in [0.3, 0.4) is 0 Å². The Morgan fingerprint density at radius 2 is 1.78 bits per heavy atom. The summed E-state index contributed by atoms with van der Waals surface area (Å²) in [7, 11) is 0. The largest absolute Gasteiger partial charge is 0.481 e. The van der Waals surface area contributed by atoms with Gasteiger partial charge in [-0.15, -0.1) is 0 Å². The van der Waals surface area contributed by atoms with Crippen LogP contribution >= 0.6 is 0 Å². The fraction of sp³-hybridized carbons (Fsp3) is 0.923. The topological polar surface area (TPSA) is 121 Å². The minimum Gasteiger partial charge on any atom is -0.481 e. The Balaban J connectivity index is 1.63. The van der Waals surface area contributed by atoms with Crippen LogP contribution in [0.5, 0.6) is 0 Å². The molecule has 182 valence electrons. The number of Topliss-reactive ketones (excluding diaryl/α,β-unsaturated/α-hetero) is 1. The van der Waals surface area contributed by atoms with Crippen LogP contribution in [0.1, 0.15) is 78.6 Å². The molecule has 0 saturated heterocycles. The Bertz CT molecular complexity index is 742. The van der Waals surface area contributed by atoms with E-state index in [4.69, 9.17) is 10.8 Å².